The lowest BCUT2D eigenvalue weighted by Crippen LogP contribution is -2.15. The number of nitrogens with one attached hydrogen (secondary N) is 1. The Bertz CT molecular complexity index is 308. The Morgan fingerprint density at radius 3 is 3.06 bits per heavy atom. The fourth-order valence-corrected chi connectivity index (χ4v) is 2.71. The van der Waals surface area contributed by atoms with Gasteiger partial charge in [-0.3, -0.25) is 0 Å². The highest BCUT2D eigenvalue weighted by Gasteiger charge is 2.04. The molecule has 16 heavy (non-hydrogen) atoms. The summed E-state index contributed by atoms with van der Waals surface area (Å²) in [6.45, 7) is 10.1. The molecule has 0 unspecified atom stereocenters. The topological polar surface area (TPSA) is 24.9 Å². The van der Waals surface area contributed by atoms with Crippen molar-refractivity contribution in [3.63, 3.8) is 0 Å². The summed E-state index contributed by atoms with van der Waals surface area (Å²) in [5.41, 5.74) is 0. The molecule has 0 amide bonds. The number of thiazole rings is 1. The molecular formula is C12H20N2S2. The van der Waals surface area contributed by atoms with Crippen molar-refractivity contribution in [1.82, 2.24) is 10.3 Å². The van der Waals surface area contributed by atoms with Crippen molar-refractivity contribution in [2.75, 3.05) is 18.1 Å². The molecule has 0 atom stereocenters. The molecular weight excluding hydrogens is 236 g/mol. The first-order chi connectivity index (χ1) is 7.74. The van der Waals surface area contributed by atoms with Crippen LogP contribution in [-0.4, -0.2) is 23.0 Å². The highest BCUT2D eigenvalue weighted by molar-refractivity contribution is 7.99. The first-order valence-electron chi connectivity index (χ1n) is 5.58. The van der Waals surface area contributed by atoms with Gasteiger partial charge in [-0.1, -0.05) is 19.9 Å². The number of thioether (sulfide) groups is 1. The minimum atomic E-state index is 0.543. The average Bonchev–Trinajstić information content (AvgIpc) is 2.72. The fraction of sp³-hybridized carbons (Fsp3) is 0.583. The first kappa shape index (κ1) is 13.7. The van der Waals surface area contributed by atoms with Crippen LogP contribution in [0, 0.1) is 0 Å². The van der Waals surface area contributed by atoms with Gasteiger partial charge < -0.3 is 5.32 Å². The molecule has 0 fully saturated rings. The number of nitrogens with zero attached hydrogens (tertiary/aromatic N) is 1. The summed E-state index contributed by atoms with van der Waals surface area (Å²) in [7, 11) is 0. The molecule has 0 aliphatic carbocycles. The summed E-state index contributed by atoms with van der Waals surface area (Å²) in [6.07, 6.45) is 3.94. The third-order valence-corrected chi connectivity index (χ3v) is 4.29. The highest BCUT2D eigenvalue weighted by atomic mass is 32.2. The third kappa shape index (κ3) is 5.14. The van der Waals surface area contributed by atoms with Crippen LogP contribution in [0.15, 0.2) is 18.9 Å². The molecule has 1 aromatic rings. The molecule has 1 heterocycles. The summed E-state index contributed by atoms with van der Waals surface area (Å²) >= 11 is 3.72. The summed E-state index contributed by atoms with van der Waals surface area (Å²) in [5.74, 6) is 2.73. The third-order valence-electron chi connectivity index (χ3n) is 2.02. The van der Waals surface area contributed by atoms with E-state index in [1.54, 1.807) is 0 Å². The van der Waals surface area contributed by atoms with Crippen molar-refractivity contribution in [3.05, 3.63) is 28.7 Å². The smallest absolute Gasteiger partial charge is 0.0953 e. The molecule has 0 spiro atoms. The quantitative estimate of drug-likeness (QED) is 0.571. The molecule has 1 rings (SSSR count). The normalized spacial score (nSPS) is 10.9. The second-order valence-corrected chi connectivity index (χ2v) is 6.16. The molecule has 4 heteroatoms. The van der Waals surface area contributed by atoms with E-state index in [4.69, 9.17) is 0 Å². The van der Waals surface area contributed by atoms with Crippen molar-refractivity contribution in [2.45, 2.75) is 26.3 Å². The van der Waals surface area contributed by atoms with Gasteiger partial charge >= 0.3 is 0 Å². The van der Waals surface area contributed by atoms with E-state index in [2.05, 4.69) is 30.7 Å². The first-order valence-corrected chi connectivity index (χ1v) is 7.55. The van der Waals surface area contributed by atoms with Crippen molar-refractivity contribution >= 4 is 23.1 Å². The van der Waals surface area contributed by atoms with E-state index in [1.165, 1.54) is 9.88 Å². The van der Waals surface area contributed by atoms with E-state index in [1.807, 2.05) is 35.4 Å². The van der Waals surface area contributed by atoms with E-state index in [-0.39, 0.29) is 0 Å². The predicted octanol–water partition coefficient (Wildman–Crippen LogP) is 3.28. The van der Waals surface area contributed by atoms with Crippen molar-refractivity contribution in [3.8, 4) is 0 Å². The predicted molar refractivity (Wildman–Crippen MR) is 75.4 cm³/mol. The maximum absolute atomic E-state index is 4.40. The summed E-state index contributed by atoms with van der Waals surface area (Å²) < 4.78 is 0. The van der Waals surface area contributed by atoms with Crippen LogP contribution in [0.4, 0.5) is 0 Å². The van der Waals surface area contributed by atoms with E-state index in [0.29, 0.717) is 5.92 Å². The second-order valence-electron chi connectivity index (χ2n) is 3.86. The number of hydrogen-bond donors (Lipinski definition) is 1. The lowest BCUT2D eigenvalue weighted by molar-refractivity contribution is 0.740. The lowest BCUT2D eigenvalue weighted by Gasteiger charge is -2.01. The molecule has 0 radical (unpaired) electrons. The zero-order valence-corrected chi connectivity index (χ0v) is 11.7. The van der Waals surface area contributed by atoms with E-state index in [9.17, 15) is 0 Å². The van der Waals surface area contributed by atoms with Crippen LogP contribution in [0.25, 0.3) is 0 Å². The SMILES string of the molecule is C=CCSCCNCc1cnc(C(C)C)s1. The lowest BCUT2D eigenvalue weighted by atomic mass is 10.2. The molecule has 0 saturated heterocycles. The van der Waals surface area contributed by atoms with Gasteiger partial charge in [-0.2, -0.15) is 11.8 Å². The van der Waals surface area contributed by atoms with Gasteiger partial charge in [0.05, 0.1) is 5.01 Å². The number of aromatic nitrogens is 1. The zero-order chi connectivity index (χ0) is 11.8. The molecule has 1 N–H and O–H groups in total. The molecule has 0 aliphatic heterocycles. The molecule has 0 aliphatic rings. The molecule has 0 aromatic carbocycles. The average molecular weight is 256 g/mol. The van der Waals surface area contributed by atoms with Gasteiger partial charge in [-0.15, -0.1) is 17.9 Å². The number of hydrogen-bond acceptors (Lipinski definition) is 4. The molecule has 0 saturated carbocycles. The molecule has 0 bridgehead atoms. The Kier molecular flexibility index (Phi) is 6.76. The summed E-state index contributed by atoms with van der Waals surface area (Å²) in [5, 5.41) is 4.66. The monoisotopic (exact) mass is 256 g/mol. The highest BCUT2D eigenvalue weighted by Crippen LogP contribution is 2.20. The van der Waals surface area contributed by atoms with Gasteiger partial charge in [-0.05, 0) is 0 Å². The van der Waals surface area contributed by atoms with Crippen LogP contribution in [0.1, 0.15) is 29.7 Å². The largest absolute Gasteiger partial charge is 0.311 e. The van der Waals surface area contributed by atoms with Crippen LogP contribution in [0.2, 0.25) is 0 Å². The van der Waals surface area contributed by atoms with Crippen LogP contribution >= 0.6 is 23.1 Å². The van der Waals surface area contributed by atoms with Gasteiger partial charge in [0.1, 0.15) is 0 Å². The molecule has 90 valence electrons. The van der Waals surface area contributed by atoms with E-state index < -0.39 is 0 Å². The standard InChI is InChI=1S/C12H20N2S2/c1-4-6-15-7-5-13-8-11-9-14-12(16-11)10(2)3/h4,9-10,13H,1,5-8H2,2-3H3. The van der Waals surface area contributed by atoms with E-state index >= 15 is 0 Å². The Morgan fingerprint density at radius 1 is 1.62 bits per heavy atom. The minimum absolute atomic E-state index is 0.543. The Hall–Kier alpha value is -0.320. The minimum Gasteiger partial charge on any atom is -0.311 e. The fourth-order valence-electron chi connectivity index (χ4n) is 1.19. The molecule has 1 aromatic heterocycles. The van der Waals surface area contributed by atoms with Crippen molar-refractivity contribution < 1.29 is 0 Å². The summed E-state index contributed by atoms with van der Waals surface area (Å²) in [4.78, 5) is 5.74. The zero-order valence-electron chi connectivity index (χ0n) is 10.0. The van der Waals surface area contributed by atoms with Gasteiger partial charge in [0, 0.05) is 41.6 Å². The van der Waals surface area contributed by atoms with Crippen LogP contribution in [0.3, 0.4) is 0 Å². The van der Waals surface area contributed by atoms with Crippen molar-refractivity contribution in [2.24, 2.45) is 0 Å². The Balaban J connectivity index is 2.14. The van der Waals surface area contributed by atoms with Crippen molar-refractivity contribution in [1.29, 1.82) is 0 Å². The van der Waals surface area contributed by atoms with Crippen LogP contribution < -0.4 is 5.32 Å². The Labute approximate surface area is 107 Å². The number of rotatable bonds is 8. The second kappa shape index (κ2) is 7.87. The van der Waals surface area contributed by atoms with Gasteiger partial charge in [0.2, 0.25) is 0 Å². The summed E-state index contributed by atoms with van der Waals surface area (Å²) in [6, 6.07) is 0. The maximum Gasteiger partial charge on any atom is 0.0953 e. The molecule has 2 nitrogen and oxygen atoms in total. The van der Waals surface area contributed by atoms with E-state index in [0.717, 1.165) is 24.6 Å². The van der Waals surface area contributed by atoms with Crippen LogP contribution in [-0.2, 0) is 6.54 Å². The van der Waals surface area contributed by atoms with Gasteiger partial charge in [0.15, 0.2) is 0 Å². The maximum atomic E-state index is 4.40. The van der Waals surface area contributed by atoms with Crippen LogP contribution in [0.5, 0.6) is 0 Å². The Morgan fingerprint density at radius 2 is 2.44 bits per heavy atom. The van der Waals surface area contributed by atoms with Gasteiger partial charge in [0.25, 0.3) is 0 Å². The van der Waals surface area contributed by atoms with Gasteiger partial charge in [-0.25, -0.2) is 4.98 Å².